The van der Waals surface area contributed by atoms with Gasteiger partial charge in [0.25, 0.3) is 11.8 Å². The molecule has 1 unspecified atom stereocenters. The monoisotopic (exact) mass is 1060 g/mol. The predicted molar refractivity (Wildman–Crippen MR) is 272 cm³/mol. The zero-order chi connectivity index (χ0) is 54.5. The van der Waals surface area contributed by atoms with Gasteiger partial charge in [-0.15, -0.1) is 0 Å². The Kier molecular flexibility index (Phi) is 24.0. The van der Waals surface area contributed by atoms with E-state index in [9.17, 15) is 63.6 Å². The van der Waals surface area contributed by atoms with Gasteiger partial charge in [-0.2, -0.15) is 0 Å². The molecule has 0 saturated carbocycles. The summed E-state index contributed by atoms with van der Waals surface area (Å²) in [5.41, 5.74) is 3.72. The van der Waals surface area contributed by atoms with Crippen LogP contribution < -0.4 is 32.1 Å². The lowest BCUT2D eigenvalue weighted by molar-refractivity contribution is -0.145. The van der Waals surface area contributed by atoms with E-state index < -0.39 is 77.6 Å². The number of hydroxylamine groups is 1. The van der Waals surface area contributed by atoms with Gasteiger partial charge in [-0.05, 0) is 99.1 Å². The number of rotatable bonds is 23. The largest absolute Gasteiger partial charge is 0.480 e. The van der Waals surface area contributed by atoms with Crippen molar-refractivity contribution >= 4 is 82.1 Å². The predicted octanol–water partition coefficient (Wildman–Crippen LogP) is -0.382. The average Bonchev–Trinajstić information content (AvgIpc) is 3.84. The molecule has 25 nitrogen and oxygen atoms in total. The third kappa shape index (κ3) is 20.2. The molecule has 0 aliphatic carbocycles. The normalized spacial score (nSPS) is 17.6. The van der Waals surface area contributed by atoms with Crippen molar-refractivity contribution in [3.05, 3.63) is 59.7 Å². The van der Waals surface area contributed by atoms with Crippen LogP contribution in [0.1, 0.15) is 62.4 Å². The van der Waals surface area contributed by atoms with E-state index in [0.29, 0.717) is 30.6 Å². The summed E-state index contributed by atoms with van der Waals surface area (Å²) < 4.78 is 0. The molecule has 2 saturated heterocycles. The van der Waals surface area contributed by atoms with Crippen molar-refractivity contribution in [2.75, 3.05) is 95.7 Å². The number of hydrogen-bond acceptors (Lipinski definition) is 15. The van der Waals surface area contributed by atoms with E-state index in [2.05, 4.69) is 26.6 Å². The quantitative estimate of drug-likeness (QED) is 0.0384. The van der Waals surface area contributed by atoms with Gasteiger partial charge in [0.1, 0.15) is 24.2 Å². The highest BCUT2D eigenvalue weighted by atomic mass is 32.1. The number of carboxylic acids is 4. The molecule has 2 aliphatic rings. The minimum atomic E-state index is -1.09. The number of amides is 5. The van der Waals surface area contributed by atoms with Gasteiger partial charge in [0.15, 0.2) is 5.11 Å². The molecule has 2 heterocycles. The van der Waals surface area contributed by atoms with Gasteiger partial charge >= 0.3 is 23.9 Å². The van der Waals surface area contributed by atoms with Crippen LogP contribution in [0.5, 0.6) is 0 Å². The fraction of sp³-hybridized carbons (Fsp3) is 0.542. The number of hydrogen-bond donors (Lipinski definition) is 11. The van der Waals surface area contributed by atoms with Crippen molar-refractivity contribution in [2.24, 2.45) is 5.92 Å². The molecule has 0 aromatic heterocycles. The number of aryl methyl sites for hydroxylation is 1. The first-order valence-electron chi connectivity index (χ1n) is 24.3. The molecule has 0 bridgehead atoms. The molecule has 5 amide bonds. The fourth-order valence-electron chi connectivity index (χ4n) is 8.58. The van der Waals surface area contributed by atoms with Crippen LogP contribution in [-0.4, -0.2) is 218 Å². The molecular weight excluding hydrogens is 987 g/mol. The number of nitrogens with one attached hydrogen (secondary N) is 6. The van der Waals surface area contributed by atoms with E-state index >= 15 is 0 Å². The number of nitrogens with zero attached hydrogens (tertiary/aromatic N) is 5. The Morgan fingerprint density at radius 1 is 0.662 bits per heavy atom. The van der Waals surface area contributed by atoms with E-state index in [1.807, 2.05) is 26.0 Å². The second-order valence-electron chi connectivity index (χ2n) is 18.6. The van der Waals surface area contributed by atoms with Crippen LogP contribution >= 0.6 is 12.2 Å². The van der Waals surface area contributed by atoms with Gasteiger partial charge in [-0.3, -0.25) is 68.0 Å². The second kappa shape index (κ2) is 29.8. The van der Waals surface area contributed by atoms with Crippen LogP contribution in [0.3, 0.4) is 0 Å². The number of thiocarbonyl (C=S) groups is 1. The number of carbonyl (C=O) groups is 9. The lowest BCUT2D eigenvalue weighted by Crippen LogP contribution is -2.56. The smallest absolute Gasteiger partial charge is 0.320 e. The minimum Gasteiger partial charge on any atom is -0.480 e. The molecule has 74 heavy (non-hydrogen) atoms. The van der Waals surface area contributed by atoms with Gasteiger partial charge in [-0.1, -0.05) is 26.0 Å². The maximum Gasteiger partial charge on any atom is 0.320 e. The van der Waals surface area contributed by atoms with Gasteiger partial charge in [-0.25, -0.2) is 5.48 Å². The van der Waals surface area contributed by atoms with Gasteiger partial charge < -0.3 is 51.9 Å². The zero-order valence-corrected chi connectivity index (χ0v) is 42.6. The Balaban J connectivity index is 1.28. The first-order chi connectivity index (χ1) is 35.1. The van der Waals surface area contributed by atoms with E-state index in [-0.39, 0.29) is 115 Å². The summed E-state index contributed by atoms with van der Waals surface area (Å²) in [7, 11) is 0. The van der Waals surface area contributed by atoms with E-state index in [4.69, 9.17) is 17.4 Å². The standard InChI is InChI=1S/C48H69N11O14S/c1-30(2)25-36(45(69)50-31(3)43(67)54-73)53-46(70)37-5-4-16-59(37)39(60)26-49-44(68)33-9-13-35(14-10-33)52-48(74)51-34-11-6-32(7-12-34)8-15-38(47(71)72)58-23-21-56(28-41(63)64)19-17-55(27-40(61)62)18-20-57(22-24-58)29-42(65)66/h6-7,9-14,30-31,36-38,73H,4-5,8,15-29H2,1-3H3,(H,49,68)(H,50,69)(H,53,70)(H,54,67)(H,61,62)(H,63,64)(H,65,66)(H,71,72)(H2,51,52,74)/t31-,36+,37-,38?/m0/s1. The number of benzene rings is 2. The molecule has 0 spiro atoms. The number of carboxylic acid groups (broad SMARTS) is 4. The SMILES string of the molecule is CC(C)C[C@@H](NC(=O)[C@@H]1CCCN1C(=O)CNC(=O)c1ccc(NC(=S)Nc2ccc(CCC(C(=O)O)N3CCN(CC(=O)O)CCN(CC(=O)O)CCN(CC(=O)O)CC3)cc2)cc1)C(=O)N[C@@H](C)C(=O)NO. The molecule has 4 atom stereocenters. The summed E-state index contributed by atoms with van der Waals surface area (Å²) >= 11 is 5.51. The van der Waals surface area contributed by atoms with E-state index in [1.54, 1.807) is 43.9 Å². The third-order valence-corrected chi connectivity index (χ3v) is 12.7. The summed E-state index contributed by atoms with van der Waals surface area (Å²) in [5, 5.41) is 62.0. The van der Waals surface area contributed by atoms with Gasteiger partial charge in [0, 0.05) is 75.8 Å². The topological polar surface area (TPSA) is 343 Å². The summed E-state index contributed by atoms with van der Waals surface area (Å²) in [6, 6.07) is 9.56. The van der Waals surface area contributed by atoms with Crippen LogP contribution in [0.4, 0.5) is 11.4 Å². The molecule has 4 rings (SSSR count). The lowest BCUT2D eigenvalue weighted by atomic mass is 10.0. The average molecular weight is 1060 g/mol. The summed E-state index contributed by atoms with van der Waals surface area (Å²) in [6.45, 7) is 5.56. The number of anilines is 2. The Hall–Kier alpha value is -6.84. The van der Waals surface area contributed by atoms with Crippen molar-refractivity contribution in [1.82, 2.24) is 45.9 Å². The van der Waals surface area contributed by atoms with Crippen molar-refractivity contribution in [3.8, 4) is 0 Å². The second-order valence-corrected chi connectivity index (χ2v) is 19.0. The molecular formula is C48H69N11O14S. The Morgan fingerprint density at radius 2 is 1.16 bits per heavy atom. The van der Waals surface area contributed by atoms with Crippen molar-refractivity contribution in [1.29, 1.82) is 0 Å². The maximum absolute atomic E-state index is 13.4. The molecule has 0 radical (unpaired) electrons. The van der Waals surface area contributed by atoms with Crippen LogP contribution in [0.15, 0.2) is 48.5 Å². The number of aliphatic carboxylic acids is 4. The van der Waals surface area contributed by atoms with Crippen molar-refractivity contribution in [3.63, 3.8) is 0 Å². The van der Waals surface area contributed by atoms with E-state index in [0.717, 1.165) is 5.56 Å². The number of likely N-dealkylation sites (tertiary alicyclic amines) is 1. The van der Waals surface area contributed by atoms with Gasteiger partial charge in [0.2, 0.25) is 17.7 Å². The van der Waals surface area contributed by atoms with Crippen LogP contribution in [0.25, 0.3) is 0 Å². The fourth-order valence-corrected chi connectivity index (χ4v) is 8.81. The first-order valence-corrected chi connectivity index (χ1v) is 24.7. The van der Waals surface area contributed by atoms with Crippen LogP contribution in [0, 0.1) is 5.92 Å². The molecule has 2 aromatic carbocycles. The maximum atomic E-state index is 13.4. The Morgan fingerprint density at radius 3 is 1.64 bits per heavy atom. The molecule has 2 aromatic rings. The first kappa shape index (κ1) is 59.7. The van der Waals surface area contributed by atoms with Crippen LogP contribution in [0.2, 0.25) is 0 Å². The summed E-state index contributed by atoms with van der Waals surface area (Å²) in [4.78, 5) is 120. The van der Waals surface area contributed by atoms with Crippen molar-refractivity contribution in [2.45, 2.75) is 77.0 Å². The zero-order valence-electron chi connectivity index (χ0n) is 41.8. The van der Waals surface area contributed by atoms with Gasteiger partial charge in [0.05, 0.1) is 26.2 Å². The lowest BCUT2D eigenvalue weighted by Gasteiger charge is -2.35. The highest BCUT2D eigenvalue weighted by Gasteiger charge is 2.36. The number of carbonyl (C=O) groups excluding carboxylic acids is 5. The Labute approximate surface area is 433 Å². The van der Waals surface area contributed by atoms with Crippen LogP contribution in [-0.2, 0) is 44.8 Å². The third-order valence-electron chi connectivity index (χ3n) is 12.5. The summed E-state index contributed by atoms with van der Waals surface area (Å²) in [6.07, 6.45) is 1.67. The van der Waals surface area contributed by atoms with Crippen molar-refractivity contribution < 1.29 is 68.8 Å². The molecule has 11 N–H and O–H groups in total. The Bertz CT molecular complexity index is 2260. The molecule has 406 valence electrons. The summed E-state index contributed by atoms with van der Waals surface area (Å²) in [5.74, 6) is -7.36. The molecule has 26 heteroatoms. The highest BCUT2D eigenvalue weighted by Crippen LogP contribution is 2.20. The molecule has 2 fully saturated rings. The molecule has 2 aliphatic heterocycles. The minimum absolute atomic E-state index is 0.0107. The van der Waals surface area contributed by atoms with E-state index in [1.165, 1.54) is 29.4 Å². The highest BCUT2D eigenvalue weighted by molar-refractivity contribution is 7.80.